The summed E-state index contributed by atoms with van der Waals surface area (Å²) in [6.45, 7) is 3.71. The second-order valence-electron chi connectivity index (χ2n) is 7.14. The van der Waals surface area contributed by atoms with Crippen molar-refractivity contribution in [3.05, 3.63) is 94.0 Å². The molecule has 0 saturated carbocycles. The number of halogens is 3. The number of ether oxygens (including phenoxy) is 2. The maximum Gasteiger partial charge on any atom is 0.316 e. The van der Waals surface area contributed by atoms with E-state index in [1.165, 1.54) is 6.07 Å². The van der Waals surface area contributed by atoms with Crippen molar-refractivity contribution in [2.45, 2.75) is 26.1 Å². The summed E-state index contributed by atoms with van der Waals surface area (Å²) in [6.07, 6.45) is -1.93. The number of hydrogen-bond acceptors (Lipinski definition) is 3. The Bertz CT molecular complexity index is 1010. The summed E-state index contributed by atoms with van der Waals surface area (Å²) in [5.74, 6) is -0.412. The van der Waals surface area contributed by atoms with Crippen molar-refractivity contribution >= 4 is 29.2 Å². The molecule has 0 saturated heterocycles. The Morgan fingerprint density at radius 3 is 2.20 bits per heavy atom. The van der Waals surface area contributed by atoms with Crippen molar-refractivity contribution in [2.24, 2.45) is 5.92 Å². The third-order valence-electron chi connectivity index (χ3n) is 4.54. The van der Waals surface area contributed by atoms with Crippen LogP contribution in [0.15, 0.2) is 72.8 Å². The average molecular weight is 447 g/mol. The maximum absolute atomic E-state index is 14.8. The lowest BCUT2D eigenvalue weighted by Crippen LogP contribution is -2.22. The molecule has 3 rings (SSSR count). The molecule has 3 nitrogen and oxygen atoms in total. The molecule has 6 heteroatoms. The zero-order valence-corrected chi connectivity index (χ0v) is 18.0. The minimum Gasteiger partial charge on any atom is -0.457 e. The summed E-state index contributed by atoms with van der Waals surface area (Å²) in [5, 5.41) is 0.713. The van der Waals surface area contributed by atoms with Gasteiger partial charge in [-0.3, -0.25) is 4.79 Å². The average Bonchev–Trinajstić information content (AvgIpc) is 2.71. The van der Waals surface area contributed by atoms with Gasteiger partial charge in [-0.25, -0.2) is 0 Å². The normalized spacial score (nSPS) is 13.0. The van der Waals surface area contributed by atoms with Crippen molar-refractivity contribution in [3.8, 4) is 11.5 Å². The highest BCUT2D eigenvalue weighted by atomic mass is 35.5. The van der Waals surface area contributed by atoms with E-state index in [0.29, 0.717) is 27.1 Å². The molecule has 0 aliphatic heterocycles. The Kier molecular flexibility index (Phi) is 7.35. The third-order valence-corrected chi connectivity index (χ3v) is 5.28. The third kappa shape index (κ3) is 5.53. The fourth-order valence-electron chi connectivity index (χ4n) is 3.09. The van der Waals surface area contributed by atoms with Crippen LogP contribution < -0.4 is 4.74 Å². The van der Waals surface area contributed by atoms with E-state index in [4.69, 9.17) is 32.7 Å². The Morgan fingerprint density at radius 2 is 1.53 bits per heavy atom. The van der Waals surface area contributed by atoms with Gasteiger partial charge in [0.1, 0.15) is 11.5 Å². The van der Waals surface area contributed by atoms with Crippen molar-refractivity contribution in [1.29, 1.82) is 0 Å². The Morgan fingerprint density at radius 1 is 0.833 bits per heavy atom. The minimum absolute atomic E-state index is 0.130. The molecule has 3 aromatic carbocycles. The van der Waals surface area contributed by atoms with Crippen LogP contribution in [0.25, 0.3) is 0 Å². The predicted molar refractivity (Wildman–Crippen MR) is 117 cm³/mol. The molecule has 0 aromatic heterocycles. The van der Waals surface area contributed by atoms with Crippen LogP contribution in [0.2, 0.25) is 10.0 Å². The SMILES string of the molecule is CC(C)C(C(=O)OC(F)c1cccc(Oc2ccccc2)c1)c1ccc(Cl)c(Cl)c1. The summed E-state index contributed by atoms with van der Waals surface area (Å²) in [7, 11) is 0. The molecule has 0 aliphatic rings. The molecule has 156 valence electrons. The molecule has 2 unspecified atom stereocenters. The molecular weight excluding hydrogens is 426 g/mol. The number of benzene rings is 3. The van der Waals surface area contributed by atoms with Crippen LogP contribution in [-0.4, -0.2) is 5.97 Å². The lowest BCUT2D eigenvalue weighted by atomic mass is 9.88. The lowest BCUT2D eigenvalue weighted by molar-refractivity contribution is -0.161. The van der Waals surface area contributed by atoms with E-state index in [0.717, 1.165) is 0 Å². The van der Waals surface area contributed by atoms with Crippen LogP contribution in [0.3, 0.4) is 0 Å². The molecule has 0 aliphatic carbocycles. The van der Waals surface area contributed by atoms with Gasteiger partial charge in [0.2, 0.25) is 0 Å². The molecule has 30 heavy (non-hydrogen) atoms. The second kappa shape index (κ2) is 9.96. The fraction of sp³-hybridized carbons (Fsp3) is 0.208. The zero-order valence-electron chi connectivity index (χ0n) is 16.5. The van der Waals surface area contributed by atoms with E-state index in [2.05, 4.69) is 0 Å². The Labute approximate surface area is 185 Å². The van der Waals surface area contributed by atoms with E-state index in [9.17, 15) is 9.18 Å². The summed E-state index contributed by atoms with van der Waals surface area (Å²) in [6, 6.07) is 20.5. The molecule has 0 N–H and O–H groups in total. The van der Waals surface area contributed by atoms with Gasteiger partial charge in [-0.2, -0.15) is 4.39 Å². The van der Waals surface area contributed by atoms with Crippen LogP contribution in [0.5, 0.6) is 11.5 Å². The Balaban J connectivity index is 1.75. The zero-order chi connectivity index (χ0) is 21.7. The van der Waals surface area contributed by atoms with Gasteiger partial charge in [-0.1, -0.05) is 73.4 Å². The van der Waals surface area contributed by atoms with Gasteiger partial charge in [-0.15, -0.1) is 0 Å². The first-order chi connectivity index (χ1) is 14.3. The van der Waals surface area contributed by atoms with Crippen molar-refractivity contribution in [2.75, 3.05) is 0 Å². The minimum atomic E-state index is -1.93. The number of para-hydroxylation sites is 1. The molecule has 0 bridgehead atoms. The standard InChI is InChI=1S/C24H21Cl2FO3/c1-15(2)22(16-11-12-20(25)21(26)14-16)24(28)30-23(27)17-7-6-10-19(13-17)29-18-8-4-3-5-9-18/h3-15,22-23H,1-2H3. The van der Waals surface area contributed by atoms with Crippen molar-refractivity contribution in [3.63, 3.8) is 0 Å². The monoisotopic (exact) mass is 446 g/mol. The highest BCUT2D eigenvalue weighted by Crippen LogP contribution is 2.34. The largest absolute Gasteiger partial charge is 0.457 e. The Hall–Kier alpha value is -2.56. The number of esters is 1. The van der Waals surface area contributed by atoms with E-state index in [-0.39, 0.29) is 11.5 Å². The second-order valence-corrected chi connectivity index (χ2v) is 7.95. The molecule has 0 spiro atoms. The van der Waals surface area contributed by atoms with Crippen molar-refractivity contribution < 1.29 is 18.7 Å². The van der Waals surface area contributed by atoms with E-state index >= 15 is 0 Å². The molecule has 0 amide bonds. The van der Waals surface area contributed by atoms with Gasteiger partial charge in [0.15, 0.2) is 0 Å². The highest BCUT2D eigenvalue weighted by molar-refractivity contribution is 6.42. The quantitative estimate of drug-likeness (QED) is 0.348. The summed E-state index contributed by atoms with van der Waals surface area (Å²) in [4.78, 5) is 12.8. The smallest absolute Gasteiger partial charge is 0.316 e. The van der Waals surface area contributed by atoms with Crippen LogP contribution in [0.4, 0.5) is 4.39 Å². The fourth-order valence-corrected chi connectivity index (χ4v) is 3.39. The summed E-state index contributed by atoms with van der Waals surface area (Å²) < 4.78 is 25.7. The van der Waals surface area contributed by atoms with Crippen LogP contribution in [0.1, 0.15) is 37.3 Å². The first-order valence-corrected chi connectivity index (χ1v) is 10.2. The number of rotatable bonds is 7. The number of alkyl halides is 1. The molecular formula is C24H21Cl2FO3. The highest BCUT2D eigenvalue weighted by Gasteiger charge is 2.29. The maximum atomic E-state index is 14.8. The van der Waals surface area contributed by atoms with Gasteiger partial charge in [0.25, 0.3) is 6.36 Å². The van der Waals surface area contributed by atoms with Gasteiger partial charge >= 0.3 is 5.97 Å². The van der Waals surface area contributed by atoms with Crippen LogP contribution in [0, 0.1) is 5.92 Å². The van der Waals surface area contributed by atoms with Gasteiger partial charge in [0, 0.05) is 5.56 Å². The number of hydrogen-bond donors (Lipinski definition) is 0. The van der Waals surface area contributed by atoms with Crippen LogP contribution in [-0.2, 0) is 9.53 Å². The van der Waals surface area contributed by atoms with Gasteiger partial charge in [-0.05, 0) is 47.9 Å². The molecule has 0 heterocycles. The number of carbonyl (C=O) groups is 1. The molecule has 3 aromatic rings. The summed E-state index contributed by atoms with van der Waals surface area (Å²) in [5.41, 5.74) is 0.811. The summed E-state index contributed by atoms with van der Waals surface area (Å²) >= 11 is 12.0. The molecule has 2 atom stereocenters. The first kappa shape index (κ1) is 22.1. The first-order valence-electron chi connectivity index (χ1n) is 9.47. The van der Waals surface area contributed by atoms with Gasteiger partial charge < -0.3 is 9.47 Å². The number of carbonyl (C=O) groups excluding carboxylic acids is 1. The van der Waals surface area contributed by atoms with E-state index in [1.807, 2.05) is 32.0 Å². The molecule has 0 fully saturated rings. The lowest BCUT2D eigenvalue weighted by Gasteiger charge is -2.22. The van der Waals surface area contributed by atoms with Crippen molar-refractivity contribution in [1.82, 2.24) is 0 Å². The van der Waals surface area contributed by atoms with E-state index in [1.54, 1.807) is 48.5 Å². The van der Waals surface area contributed by atoms with Gasteiger partial charge in [0.05, 0.1) is 16.0 Å². The van der Waals surface area contributed by atoms with Crippen LogP contribution >= 0.6 is 23.2 Å². The predicted octanol–water partition coefficient (Wildman–Crippen LogP) is 7.74. The molecule has 0 radical (unpaired) electrons. The van der Waals surface area contributed by atoms with E-state index < -0.39 is 18.2 Å². The topological polar surface area (TPSA) is 35.5 Å².